The van der Waals surface area contributed by atoms with E-state index in [9.17, 15) is 4.79 Å². The fraction of sp³-hybridized carbons (Fsp3) is 0.929. The van der Waals surface area contributed by atoms with Crippen LogP contribution in [0.3, 0.4) is 0 Å². The Kier molecular flexibility index (Phi) is 3.57. The molecule has 1 amide bonds. The standard InChI is InChI=1S/C14H25N3O/c1-10-4-6-15-13(10)14(18)16-11-5-8-17-7-2-3-12(17)9-11/h10-13,15H,2-9H2,1H3,(H,16,18). The Morgan fingerprint density at radius 3 is 2.94 bits per heavy atom. The summed E-state index contributed by atoms with van der Waals surface area (Å²) in [5.41, 5.74) is 0. The molecule has 0 spiro atoms. The molecule has 0 saturated carbocycles. The van der Waals surface area contributed by atoms with Gasteiger partial charge in [-0.2, -0.15) is 0 Å². The molecule has 0 aromatic heterocycles. The number of rotatable bonds is 2. The predicted molar refractivity (Wildman–Crippen MR) is 71.3 cm³/mol. The molecule has 3 aliphatic rings. The lowest BCUT2D eigenvalue weighted by molar-refractivity contribution is -0.124. The van der Waals surface area contributed by atoms with Gasteiger partial charge in [-0.15, -0.1) is 0 Å². The van der Waals surface area contributed by atoms with E-state index >= 15 is 0 Å². The van der Waals surface area contributed by atoms with Crippen LogP contribution >= 0.6 is 0 Å². The van der Waals surface area contributed by atoms with E-state index in [2.05, 4.69) is 22.5 Å². The number of hydrogen-bond acceptors (Lipinski definition) is 3. The molecule has 4 unspecified atom stereocenters. The van der Waals surface area contributed by atoms with E-state index < -0.39 is 0 Å². The van der Waals surface area contributed by atoms with Crippen molar-refractivity contribution in [3.8, 4) is 0 Å². The van der Waals surface area contributed by atoms with Crippen LogP contribution in [0.5, 0.6) is 0 Å². The molecule has 3 fully saturated rings. The molecular formula is C14H25N3O. The SMILES string of the molecule is CC1CCNC1C(=O)NC1CCN2CCCC2C1. The summed E-state index contributed by atoms with van der Waals surface area (Å²) in [7, 11) is 0. The van der Waals surface area contributed by atoms with E-state index in [0.717, 1.165) is 31.8 Å². The Balaban J connectivity index is 1.52. The summed E-state index contributed by atoms with van der Waals surface area (Å²) in [5.74, 6) is 0.716. The Morgan fingerprint density at radius 1 is 1.28 bits per heavy atom. The highest BCUT2D eigenvalue weighted by Gasteiger charge is 2.35. The van der Waals surface area contributed by atoms with Crippen LogP contribution in [0.25, 0.3) is 0 Å². The number of hydrogen-bond donors (Lipinski definition) is 2. The molecule has 0 radical (unpaired) electrons. The van der Waals surface area contributed by atoms with Gasteiger partial charge in [-0.25, -0.2) is 0 Å². The van der Waals surface area contributed by atoms with Gasteiger partial charge in [-0.05, 0) is 51.1 Å². The van der Waals surface area contributed by atoms with Crippen LogP contribution in [0.1, 0.15) is 39.0 Å². The van der Waals surface area contributed by atoms with Crippen LogP contribution in [0, 0.1) is 5.92 Å². The van der Waals surface area contributed by atoms with Crippen LogP contribution in [-0.2, 0) is 4.79 Å². The highest BCUT2D eigenvalue weighted by molar-refractivity contribution is 5.82. The van der Waals surface area contributed by atoms with Gasteiger partial charge in [0.25, 0.3) is 0 Å². The molecule has 4 heteroatoms. The summed E-state index contributed by atoms with van der Waals surface area (Å²) in [6.07, 6.45) is 6.08. The average molecular weight is 251 g/mol. The van der Waals surface area contributed by atoms with Gasteiger partial charge < -0.3 is 15.5 Å². The van der Waals surface area contributed by atoms with E-state index in [1.807, 2.05) is 0 Å². The average Bonchev–Trinajstić information content (AvgIpc) is 2.96. The molecule has 0 aromatic carbocycles. The van der Waals surface area contributed by atoms with Crippen molar-refractivity contribution in [1.82, 2.24) is 15.5 Å². The summed E-state index contributed by atoms with van der Waals surface area (Å²) in [6, 6.07) is 1.19. The number of amides is 1. The van der Waals surface area contributed by atoms with Crippen molar-refractivity contribution in [1.29, 1.82) is 0 Å². The van der Waals surface area contributed by atoms with Crippen molar-refractivity contribution in [2.45, 2.75) is 57.2 Å². The molecule has 3 aliphatic heterocycles. The maximum absolute atomic E-state index is 12.2. The van der Waals surface area contributed by atoms with E-state index in [-0.39, 0.29) is 11.9 Å². The third kappa shape index (κ3) is 2.41. The summed E-state index contributed by atoms with van der Waals surface area (Å²) in [5, 5.41) is 6.60. The number of nitrogens with zero attached hydrogens (tertiary/aromatic N) is 1. The van der Waals surface area contributed by atoms with Crippen LogP contribution in [0.2, 0.25) is 0 Å². The molecule has 4 nitrogen and oxygen atoms in total. The fourth-order valence-electron chi connectivity index (χ4n) is 3.83. The molecule has 18 heavy (non-hydrogen) atoms. The van der Waals surface area contributed by atoms with Crippen LogP contribution in [0.15, 0.2) is 0 Å². The van der Waals surface area contributed by atoms with Crippen LogP contribution in [-0.4, -0.2) is 48.6 Å². The van der Waals surface area contributed by atoms with Gasteiger partial charge in [0, 0.05) is 18.6 Å². The smallest absolute Gasteiger partial charge is 0.237 e. The Bertz CT molecular complexity index is 320. The Labute approximate surface area is 109 Å². The van der Waals surface area contributed by atoms with Crippen molar-refractivity contribution in [2.24, 2.45) is 5.92 Å². The third-order valence-corrected chi connectivity index (χ3v) is 4.98. The number of piperidine rings is 1. The summed E-state index contributed by atoms with van der Waals surface area (Å²) >= 11 is 0. The first-order chi connectivity index (χ1) is 8.74. The second-order valence-corrected chi connectivity index (χ2v) is 6.26. The molecule has 3 rings (SSSR count). The number of fused-ring (bicyclic) bond motifs is 1. The predicted octanol–water partition coefficient (Wildman–Crippen LogP) is 0.727. The summed E-state index contributed by atoms with van der Waals surface area (Å²) in [4.78, 5) is 14.8. The van der Waals surface area contributed by atoms with Crippen molar-refractivity contribution < 1.29 is 4.79 Å². The largest absolute Gasteiger partial charge is 0.352 e. The highest BCUT2D eigenvalue weighted by Crippen LogP contribution is 2.27. The van der Waals surface area contributed by atoms with Gasteiger partial charge >= 0.3 is 0 Å². The van der Waals surface area contributed by atoms with Crippen molar-refractivity contribution in [3.05, 3.63) is 0 Å². The van der Waals surface area contributed by atoms with E-state index in [0.29, 0.717) is 12.0 Å². The van der Waals surface area contributed by atoms with Gasteiger partial charge in [-0.1, -0.05) is 6.92 Å². The van der Waals surface area contributed by atoms with Gasteiger partial charge in [0.15, 0.2) is 0 Å². The molecule has 0 aliphatic carbocycles. The molecule has 0 aromatic rings. The first-order valence-electron chi connectivity index (χ1n) is 7.52. The zero-order valence-corrected chi connectivity index (χ0v) is 11.3. The van der Waals surface area contributed by atoms with Gasteiger partial charge in [-0.3, -0.25) is 4.79 Å². The Hall–Kier alpha value is -0.610. The molecule has 102 valence electrons. The molecule has 3 saturated heterocycles. The molecule has 4 atom stereocenters. The lowest BCUT2D eigenvalue weighted by Gasteiger charge is -2.35. The van der Waals surface area contributed by atoms with Gasteiger partial charge in [0.2, 0.25) is 5.91 Å². The normalized spacial score (nSPS) is 40.7. The summed E-state index contributed by atoms with van der Waals surface area (Å²) < 4.78 is 0. The first-order valence-corrected chi connectivity index (χ1v) is 7.52. The van der Waals surface area contributed by atoms with Crippen molar-refractivity contribution in [2.75, 3.05) is 19.6 Å². The lowest BCUT2D eigenvalue weighted by atomic mass is 9.96. The monoisotopic (exact) mass is 251 g/mol. The third-order valence-electron chi connectivity index (χ3n) is 4.98. The summed E-state index contributed by atoms with van der Waals surface area (Å²) in [6.45, 7) is 5.60. The Morgan fingerprint density at radius 2 is 2.17 bits per heavy atom. The quantitative estimate of drug-likeness (QED) is 0.760. The number of carbonyl (C=O) groups is 1. The zero-order chi connectivity index (χ0) is 12.5. The fourth-order valence-corrected chi connectivity index (χ4v) is 3.83. The minimum Gasteiger partial charge on any atom is -0.352 e. The molecular weight excluding hydrogens is 226 g/mol. The van der Waals surface area contributed by atoms with E-state index in [1.165, 1.54) is 25.9 Å². The van der Waals surface area contributed by atoms with Crippen molar-refractivity contribution in [3.63, 3.8) is 0 Å². The number of carbonyl (C=O) groups excluding carboxylic acids is 1. The number of nitrogens with one attached hydrogen (secondary N) is 2. The molecule has 3 heterocycles. The lowest BCUT2D eigenvalue weighted by Crippen LogP contribution is -2.52. The minimum absolute atomic E-state index is 0.0478. The van der Waals surface area contributed by atoms with E-state index in [4.69, 9.17) is 0 Å². The minimum atomic E-state index is 0.0478. The van der Waals surface area contributed by atoms with Crippen molar-refractivity contribution >= 4 is 5.91 Å². The topological polar surface area (TPSA) is 44.4 Å². The second-order valence-electron chi connectivity index (χ2n) is 6.26. The zero-order valence-electron chi connectivity index (χ0n) is 11.3. The second kappa shape index (κ2) is 5.17. The van der Waals surface area contributed by atoms with Gasteiger partial charge in [0.05, 0.1) is 6.04 Å². The highest BCUT2D eigenvalue weighted by atomic mass is 16.2. The maximum atomic E-state index is 12.2. The maximum Gasteiger partial charge on any atom is 0.237 e. The van der Waals surface area contributed by atoms with Crippen LogP contribution in [0.4, 0.5) is 0 Å². The van der Waals surface area contributed by atoms with Crippen LogP contribution < -0.4 is 10.6 Å². The molecule has 0 bridgehead atoms. The van der Waals surface area contributed by atoms with E-state index in [1.54, 1.807) is 0 Å². The first kappa shape index (κ1) is 12.4. The van der Waals surface area contributed by atoms with Gasteiger partial charge in [0.1, 0.15) is 0 Å². The molecule has 2 N–H and O–H groups in total.